The summed E-state index contributed by atoms with van der Waals surface area (Å²) in [6.45, 7) is 2.78. The van der Waals surface area contributed by atoms with Crippen LogP contribution >= 0.6 is 0 Å². The van der Waals surface area contributed by atoms with E-state index >= 15 is 0 Å². The summed E-state index contributed by atoms with van der Waals surface area (Å²) in [5.74, 6) is 4.64. The largest absolute Gasteiger partial charge is 0.299 e. The number of carbonyl (C=O) groups is 1. The van der Waals surface area contributed by atoms with Crippen LogP contribution < -0.4 is 11.3 Å². The summed E-state index contributed by atoms with van der Waals surface area (Å²) in [6, 6.07) is 6.70. The van der Waals surface area contributed by atoms with Crippen molar-refractivity contribution >= 4 is 5.91 Å². The molecule has 100 valence electrons. The van der Waals surface area contributed by atoms with E-state index in [1.165, 1.54) is 12.1 Å². The number of hydrazine groups is 1. The summed E-state index contributed by atoms with van der Waals surface area (Å²) in [7, 11) is 1.98. The molecular formula is C13H20FN3O. The van der Waals surface area contributed by atoms with Crippen molar-refractivity contribution in [1.82, 2.24) is 10.3 Å². The molecule has 1 aromatic rings. The van der Waals surface area contributed by atoms with Crippen LogP contribution in [0, 0.1) is 5.82 Å². The maximum Gasteiger partial charge on any atom is 0.233 e. The number of nitrogens with two attached hydrogens (primary N) is 1. The Hall–Kier alpha value is -1.46. The Balaban J connectivity index is 2.41. The normalized spacial score (nSPS) is 12.5. The second kappa shape index (κ2) is 7.08. The molecule has 4 nitrogen and oxygen atoms in total. The summed E-state index contributed by atoms with van der Waals surface area (Å²) in [6.07, 6.45) is 1.14. The fraction of sp³-hybridized carbons (Fsp3) is 0.462. The van der Waals surface area contributed by atoms with Crippen molar-refractivity contribution in [3.05, 3.63) is 35.6 Å². The van der Waals surface area contributed by atoms with Gasteiger partial charge in [0.25, 0.3) is 0 Å². The molecule has 5 heteroatoms. The minimum absolute atomic E-state index is 0.156. The van der Waals surface area contributed by atoms with Crippen molar-refractivity contribution in [2.45, 2.75) is 32.4 Å². The van der Waals surface area contributed by atoms with Gasteiger partial charge in [-0.1, -0.05) is 12.1 Å². The molecule has 1 rings (SSSR count). The van der Waals surface area contributed by atoms with Crippen LogP contribution in [0.1, 0.15) is 25.3 Å². The molecular weight excluding hydrogens is 233 g/mol. The number of hydrogen-bond acceptors (Lipinski definition) is 3. The van der Waals surface area contributed by atoms with Crippen LogP contribution in [-0.2, 0) is 11.3 Å². The predicted molar refractivity (Wildman–Crippen MR) is 68.9 cm³/mol. The van der Waals surface area contributed by atoms with Crippen molar-refractivity contribution in [3.8, 4) is 0 Å². The third kappa shape index (κ3) is 4.81. The molecule has 0 aliphatic carbocycles. The van der Waals surface area contributed by atoms with E-state index in [2.05, 4.69) is 10.3 Å². The van der Waals surface area contributed by atoms with Gasteiger partial charge in [-0.3, -0.25) is 15.1 Å². The fourth-order valence-electron chi connectivity index (χ4n) is 1.67. The molecule has 3 N–H and O–H groups in total. The number of benzene rings is 1. The van der Waals surface area contributed by atoms with Gasteiger partial charge in [0.15, 0.2) is 0 Å². The van der Waals surface area contributed by atoms with Gasteiger partial charge in [0, 0.05) is 19.0 Å². The summed E-state index contributed by atoms with van der Waals surface area (Å²) >= 11 is 0. The van der Waals surface area contributed by atoms with Crippen molar-refractivity contribution in [1.29, 1.82) is 0 Å². The van der Waals surface area contributed by atoms with Gasteiger partial charge in [-0.15, -0.1) is 0 Å². The predicted octanol–water partition coefficient (Wildman–Crippen LogP) is 1.42. The van der Waals surface area contributed by atoms with Gasteiger partial charge in [0.2, 0.25) is 5.91 Å². The Morgan fingerprint density at radius 3 is 2.61 bits per heavy atom. The zero-order valence-corrected chi connectivity index (χ0v) is 10.8. The standard InChI is InChI=1S/C13H20FN3O/c1-10(3-8-13(18)16-15)17(2)9-11-4-6-12(14)7-5-11/h4-7,10H,3,8-9,15H2,1-2H3,(H,16,18). The quantitative estimate of drug-likeness (QED) is 0.458. The van der Waals surface area contributed by atoms with Crippen molar-refractivity contribution in [2.24, 2.45) is 5.84 Å². The van der Waals surface area contributed by atoms with E-state index in [4.69, 9.17) is 5.84 Å². The van der Waals surface area contributed by atoms with Gasteiger partial charge in [0.1, 0.15) is 5.82 Å². The number of rotatable bonds is 6. The van der Waals surface area contributed by atoms with Crippen molar-refractivity contribution < 1.29 is 9.18 Å². The Morgan fingerprint density at radius 2 is 2.06 bits per heavy atom. The first-order chi connectivity index (χ1) is 8.52. The monoisotopic (exact) mass is 253 g/mol. The Labute approximate surface area is 107 Å². The Kier molecular flexibility index (Phi) is 5.74. The van der Waals surface area contributed by atoms with Gasteiger partial charge >= 0.3 is 0 Å². The molecule has 0 heterocycles. The molecule has 0 saturated heterocycles. The summed E-state index contributed by atoms with van der Waals surface area (Å²) in [4.78, 5) is 13.2. The number of nitrogens with zero attached hydrogens (tertiary/aromatic N) is 1. The summed E-state index contributed by atoms with van der Waals surface area (Å²) in [5.41, 5.74) is 3.17. The summed E-state index contributed by atoms with van der Waals surface area (Å²) in [5, 5.41) is 0. The molecule has 1 atom stereocenters. The second-order valence-electron chi connectivity index (χ2n) is 4.50. The van der Waals surface area contributed by atoms with Crippen LogP contribution in [0.3, 0.4) is 0 Å². The number of halogens is 1. The average molecular weight is 253 g/mol. The SMILES string of the molecule is CC(CCC(=O)NN)N(C)Cc1ccc(F)cc1. The lowest BCUT2D eigenvalue weighted by Crippen LogP contribution is -2.33. The van der Waals surface area contributed by atoms with Gasteiger partial charge in [-0.2, -0.15) is 0 Å². The average Bonchev–Trinajstić information content (AvgIpc) is 2.38. The van der Waals surface area contributed by atoms with E-state index in [-0.39, 0.29) is 17.8 Å². The lowest BCUT2D eigenvalue weighted by atomic mass is 10.1. The summed E-state index contributed by atoms with van der Waals surface area (Å²) < 4.78 is 12.8. The minimum Gasteiger partial charge on any atom is -0.299 e. The third-order valence-electron chi connectivity index (χ3n) is 3.05. The Morgan fingerprint density at radius 1 is 1.44 bits per heavy atom. The topological polar surface area (TPSA) is 58.4 Å². The van der Waals surface area contributed by atoms with E-state index < -0.39 is 0 Å². The third-order valence-corrected chi connectivity index (χ3v) is 3.05. The second-order valence-corrected chi connectivity index (χ2v) is 4.50. The highest BCUT2D eigenvalue weighted by molar-refractivity contribution is 5.75. The first-order valence-corrected chi connectivity index (χ1v) is 5.97. The molecule has 1 unspecified atom stereocenters. The highest BCUT2D eigenvalue weighted by Crippen LogP contribution is 2.10. The van der Waals surface area contributed by atoms with E-state index in [1.54, 1.807) is 12.1 Å². The molecule has 0 aliphatic rings. The van der Waals surface area contributed by atoms with Crippen LogP contribution in [0.15, 0.2) is 24.3 Å². The number of amides is 1. The molecule has 18 heavy (non-hydrogen) atoms. The molecule has 0 radical (unpaired) electrons. The first kappa shape index (κ1) is 14.6. The zero-order chi connectivity index (χ0) is 13.5. The molecule has 0 aliphatic heterocycles. The smallest absolute Gasteiger partial charge is 0.233 e. The highest BCUT2D eigenvalue weighted by Gasteiger charge is 2.11. The van der Waals surface area contributed by atoms with Crippen LogP contribution in [0.25, 0.3) is 0 Å². The molecule has 1 amide bonds. The van der Waals surface area contributed by atoms with E-state index in [1.807, 2.05) is 14.0 Å². The number of hydrogen-bond donors (Lipinski definition) is 2. The van der Waals surface area contributed by atoms with Crippen molar-refractivity contribution in [2.75, 3.05) is 7.05 Å². The molecule has 0 bridgehead atoms. The van der Waals surface area contributed by atoms with Crippen molar-refractivity contribution in [3.63, 3.8) is 0 Å². The number of nitrogens with one attached hydrogen (secondary N) is 1. The maximum absolute atomic E-state index is 12.8. The minimum atomic E-state index is -0.228. The zero-order valence-electron chi connectivity index (χ0n) is 10.8. The maximum atomic E-state index is 12.8. The lowest BCUT2D eigenvalue weighted by Gasteiger charge is -2.24. The molecule has 0 saturated carbocycles. The molecule has 0 aromatic heterocycles. The molecule has 1 aromatic carbocycles. The van der Waals surface area contributed by atoms with Gasteiger partial charge < -0.3 is 0 Å². The van der Waals surface area contributed by atoms with Gasteiger partial charge in [-0.05, 0) is 38.1 Å². The van der Waals surface area contributed by atoms with Crippen LogP contribution in [0.2, 0.25) is 0 Å². The Bertz CT molecular complexity index is 380. The van der Waals surface area contributed by atoms with Crippen LogP contribution in [0.4, 0.5) is 4.39 Å². The highest BCUT2D eigenvalue weighted by atomic mass is 19.1. The fourth-order valence-corrected chi connectivity index (χ4v) is 1.67. The first-order valence-electron chi connectivity index (χ1n) is 5.97. The van der Waals surface area contributed by atoms with E-state index in [0.29, 0.717) is 6.42 Å². The van der Waals surface area contributed by atoms with E-state index in [9.17, 15) is 9.18 Å². The lowest BCUT2D eigenvalue weighted by molar-refractivity contribution is -0.121. The van der Waals surface area contributed by atoms with Crippen LogP contribution in [0.5, 0.6) is 0 Å². The molecule has 0 fully saturated rings. The van der Waals surface area contributed by atoms with Gasteiger partial charge in [-0.25, -0.2) is 10.2 Å². The van der Waals surface area contributed by atoms with Gasteiger partial charge in [0.05, 0.1) is 0 Å². The van der Waals surface area contributed by atoms with Crippen LogP contribution in [-0.4, -0.2) is 23.9 Å². The van der Waals surface area contributed by atoms with E-state index in [0.717, 1.165) is 18.5 Å². The molecule has 0 spiro atoms. The number of carbonyl (C=O) groups excluding carboxylic acids is 1.